The third-order valence-electron chi connectivity index (χ3n) is 13.5. The Kier molecular flexibility index (Phi) is 8.94. The van der Waals surface area contributed by atoms with Gasteiger partial charge in [0.1, 0.15) is 0 Å². The molecule has 0 aromatic heterocycles. The quantitative estimate of drug-likeness (QED) is 0.105. The minimum absolute atomic E-state index is 1.15. The van der Waals surface area contributed by atoms with Gasteiger partial charge in [-0.15, -0.1) is 0 Å². The SMILES string of the molecule is Brc1ccc2c3ccc(Br)c4cccc(c5cccc1c52)c43.Brc1ccc2c3cccc4c(Br)ccc(c5cccc1c52)c43.c1cc2cccc3c4cccc5cccc(c(c1)c23)c54. The van der Waals surface area contributed by atoms with Crippen LogP contribution in [-0.2, 0) is 0 Å². The fourth-order valence-corrected chi connectivity index (χ4v) is 12.7. The van der Waals surface area contributed by atoms with Crippen molar-refractivity contribution in [2.24, 2.45) is 0 Å². The molecule has 0 bridgehead atoms. The Morgan fingerprint density at radius 1 is 0.156 bits per heavy atom. The zero-order valence-electron chi connectivity index (χ0n) is 34.0. The topological polar surface area (TPSA) is 0 Å². The van der Waals surface area contributed by atoms with Gasteiger partial charge < -0.3 is 0 Å². The molecule has 15 aromatic rings. The summed E-state index contributed by atoms with van der Waals surface area (Å²) in [5, 5.41) is 32.0. The van der Waals surface area contributed by atoms with Gasteiger partial charge in [0.05, 0.1) is 0 Å². The van der Waals surface area contributed by atoms with E-state index in [4.69, 9.17) is 0 Å². The Labute approximate surface area is 401 Å². The van der Waals surface area contributed by atoms with Crippen molar-refractivity contribution in [2.45, 2.75) is 0 Å². The maximum Gasteiger partial charge on any atom is 0.0254 e. The van der Waals surface area contributed by atoms with Crippen LogP contribution in [0.1, 0.15) is 0 Å². The third kappa shape index (κ3) is 5.62. The van der Waals surface area contributed by atoms with Crippen LogP contribution in [0, 0.1) is 0 Å². The van der Waals surface area contributed by atoms with Gasteiger partial charge in [-0.1, -0.05) is 234 Å². The lowest BCUT2D eigenvalue weighted by atomic mass is 9.90. The Hall–Kier alpha value is -5.88. The van der Waals surface area contributed by atoms with E-state index in [2.05, 4.69) is 258 Å². The summed E-state index contributed by atoms with van der Waals surface area (Å²) in [6, 6.07) is 70.3. The normalized spacial score (nSPS) is 12.1. The minimum Gasteiger partial charge on any atom is -0.0610 e. The molecule has 0 N–H and O–H groups in total. The summed E-state index contributed by atoms with van der Waals surface area (Å²) in [6.07, 6.45) is 0. The molecule has 15 rings (SSSR count). The summed E-state index contributed by atoms with van der Waals surface area (Å²) in [6.45, 7) is 0. The molecule has 0 saturated heterocycles. The van der Waals surface area contributed by atoms with E-state index in [0.717, 1.165) is 17.9 Å². The molecule has 0 aliphatic rings. The van der Waals surface area contributed by atoms with Crippen molar-refractivity contribution < 1.29 is 0 Å². The van der Waals surface area contributed by atoms with Gasteiger partial charge in [-0.25, -0.2) is 0 Å². The first-order chi connectivity index (χ1) is 31.4. The monoisotopic (exact) mass is 1070 g/mol. The van der Waals surface area contributed by atoms with Gasteiger partial charge in [0, 0.05) is 17.9 Å². The predicted octanol–water partition coefficient (Wildman–Crippen LogP) is 20.3. The second kappa shape index (κ2) is 14.8. The van der Waals surface area contributed by atoms with E-state index in [1.165, 1.54) is 129 Å². The minimum atomic E-state index is 1.15. The highest BCUT2D eigenvalue weighted by Gasteiger charge is 2.17. The van der Waals surface area contributed by atoms with Crippen molar-refractivity contribution in [1.29, 1.82) is 0 Å². The van der Waals surface area contributed by atoms with E-state index in [1.807, 2.05) is 0 Å². The van der Waals surface area contributed by atoms with E-state index in [1.54, 1.807) is 0 Å². The van der Waals surface area contributed by atoms with Crippen LogP contribution in [0.25, 0.3) is 129 Å². The fraction of sp³-hybridized carbons (Fsp3) is 0. The Morgan fingerprint density at radius 3 is 0.562 bits per heavy atom. The van der Waals surface area contributed by atoms with Crippen LogP contribution in [0.15, 0.2) is 212 Å². The number of halogens is 4. The number of fused-ring (bicyclic) bond motifs is 6. The van der Waals surface area contributed by atoms with Crippen molar-refractivity contribution in [3.63, 3.8) is 0 Å². The molecule has 0 atom stereocenters. The van der Waals surface area contributed by atoms with Gasteiger partial charge >= 0.3 is 0 Å². The molecular formula is C60H32Br4. The highest BCUT2D eigenvalue weighted by atomic mass is 79.9. The molecule has 15 aromatic carbocycles. The molecule has 300 valence electrons. The zero-order valence-corrected chi connectivity index (χ0v) is 40.3. The molecular weight excluding hydrogens is 1040 g/mol. The smallest absolute Gasteiger partial charge is 0.0254 e. The van der Waals surface area contributed by atoms with Crippen LogP contribution >= 0.6 is 63.7 Å². The van der Waals surface area contributed by atoms with Crippen LogP contribution in [0.2, 0.25) is 0 Å². The average Bonchev–Trinajstić information content (AvgIpc) is 3.34. The maximum atomic E-state index is 3.70. The molecule has 0 radical (unpaired) electrons. The number of hydrogen-bond donors (Lipinski definition) is 0. The number of hydrogen-bond acceptors (Lipinski definition) is 0. The molecule has 0 aliphatic heterocycles. The van der Waals surface area contributed by atoms with Crippen LogP contribution in [-0.4, -0.2) is 0 Å². The number of benzene rings is 15. The Morgan fingerprint density at radius 2 is 0.328 bits per heavy atom. The van der Waals surface area contributed by atoms with Gasteiger partial charge in [0.15, 0.2) is 0 Å². The van der Waals surface area contributed by atoms with Crippen molar-refractivity contribution in [2.75, 3.05) is 0 Å². The Bertz CT molecular complexity index is 3770. The predicted molar refractivity (Wildman–Crippen MR) is 294 cm³/mol. The molecule has 4 heteroatoms. The summed E-state index contributed by atoms with van der Waals surface area (Å²) in [4.78, 5) is 0. The van der Waals surface area contributed by atoms with Crippen molar-refractivity contribution in [3.05, 3.63) is 212 Å². The first-order valence-electron chi connectivity index (χ1n) is 21.4. The van der Waals surface area contributed by atoms with E-state index >= 15 is 0 Å². The van der Waals surface area contributed by atoms with Gasteiger partial charge in [-0.2, -0.15) is 0 Å². The van der Waals surface area contributed by atoms with Crippen molar-refractivity contribution in [1.82, 2.24) is 0 Å². The lowest BCUT2D eigenvalue weighted by Gasteiger charge is -2.15. The first kappa shape index (κ1) is 38.6. The fourth-order valence-electron chi connectivity index (χ4n) is 10.9. The summed E-state index contributed by atoms with van der Waals surface area (Å²) in [5.74, 6) is 0. The van der Waals surface area contributed by atoms with Crippen LogP contribution in [0.5, 0.6) is 0 Å². The highest BCUT2D eigenvalue weighted by Crippen LogP contribution is 2.46. The van der Waals surface area contributed by atoms with E-state index < -0.39 is 0 Å². The second-order valence-corrected chi connectivity index (χ2v) is 20.1. The highest BCUT2D eigenvalue weighted by molar-refractivity contribution is 9.11. The third-order valence-corrected chi connectivity index (χ3v) is 16.3. The average molecular weight is 1070 g/mol. The molecule has 0 heterocycles. The van der Waals surface area contributed by atoms with Gasteiger partial charge in [0.25, 0.3) is 0 Å². The largest absolute Gasteiger partial charge is 0.0610 e. The lowest BCUT2D eigenvalue weighted by Crippen LogP contribution is -1.87. The summed E-state index contributed by atoms with van der Waals surface area (Å²) in [7, 11) is 0. The summed E-state index contributed by atoms with van der Waals surface area (Å²) in [5.41, 5.74) is 0. The van der Waals surface area contributed by atoms with E-state index in [9.17, 15) is 0 Å². The lowest BCUT2D eigenvalue weighted by molar-refractivity contribution is 1.74. The molecule has 0 amide bonds. The van der Waals surface area contributed by atoms with Crippen molar-refractivity contribution >= 4 is 193 Å². The molecule has 64 heavy (non-hydrogen) atoms. The van der Waals surface area contributed by atoms with Crippen molar-refractivity contribution in [3.8, 4) is 0 Å². The molecule has 0 nitrogen and oxygen atoms in total. The molecule has 0 fully saturated rings. The summed E-state index contributed by atoms with van der Waals surface area (Å²) < 4.78 is 4.61. The van der Waals surface area contributed by atoms with Crippen LogP contribution < -0.4 is 0 Å². The molecule has 0 spiro atoms. The Balaban J connectivity index is 0.0000000968. The second-order valence-electron chi connectivity index (χ2n) is 16.7. The molecule has 0 aliphatic carbocycles. The van der Waals surface area contributed by atoms with Gasteiger partial charge in [-0.05, 0) is 154 Å². The zero-order chi connectivity index (χ0) is 42.8. The van der Waals surface area contributed by atoms with Gasteiger partial charge in [0.2, 0.25) is 0 Å². The van der Waals surface area contributed by atoms with Gasteiger partial charge in [-0.3, -0.25) is 0 Å². The number of rotatable bonds is 0. The standard InChI is InChI=1S/2C20H10Br2.C20H12/c21-17-9-8-14-12-4-2-6-16-18(22)10-7-13(20(12)16)11-3-1-5-15(17)19(11)14;21-17-9-7-13-14-8-10-18(22)16-6-2-4-12(20(14)16)11-3-1-5-15(17)19(11)13;1-5-13-6-2-11-17-18-12-4-8-14-7-3-10-16(20(14)18)15(9-1)19(13)17/h2*1-10H;1-12H. The van der Waals surface area contributed by atoms with Crippen LogP contribution in [0.4, 0.5) is 0 Å². The first-order valence-corrected chi connectivity index (χ1v) is 24.5. The maximum absolute atomic E-state index is 3.70. The summed E-state index contributed by atoms with van der Waals surface area (Å²) >= 11 is 14.8. The van der Waals surface area contributed by atoms with E-state index in [0.29, 0.717) is 0 Å². The van der Waals surface area contributed by atoms with E-state index in [-0.39, 0.29) is 0 Å². The molecule has 0 saturated carbocycles. The van der Waals surface area contributed by atoms with Crippen LogP contribution in [0.3, 0.4) is 0 Å². The molecule has 0 unspecified atom stereocenters.